The summed E-state index contributed by atoms with van der Waals surface area (Å²) in [6.07, 6.45) is -8.71. The lowest BCUT2D eigenvalue weighted by molar-refractivity contribution is -0.323. The minimum Gasteiger partial charge on any atom is -0.456 e. The molecule has 0 spiro atoms. The zero-order valence-corrected chi connectivity index (χ0v) is 19.1. The predicted molar refractivity (Wildman–Crippen MR) is 102 cm³/mol. The molecule has 3 aliphatic heterocycles. The van der Waals surface area contributed by atoms with Gasteiger partial charge in [0.15, 0.2) is 36.7 Å². The highest BCUT2D eigenvalue weighted by Gasteiger charge is 2.62. The van der Waals surface area contributed by atoms with Crippen LogP contribution >= 0.6 is 0 Å². The van der Waals surface area contributed by atoms with Crippen LogP contribution in [0.2, 0.25) is 0 Å². The van der Waals surface area contributed by atoms with Crippen molar-refractivity contribution in [2.24, 2.45) is 0 Å². The van der Waals surface area contributed by atoms with E-state index in [1.807, 2.05) is 0 Å². The van der Waals surface area contributed by atoms with E-state index in [1.165, 1.54) is 35.0 Å². The Morgan fingerprint density at radius 3 is 1.72 bits per heavy atom. The number of esters is 3. The molecule has 0 aromatic heterocycles. The van der Waals surface area contributed by atoms with Crippen LogP contribution in [0.4, 0.5) is 0 Å². The lowest BCUT2D eigenvalue weighted by Gasteiger charge is -2.46. The van der Waals surface area contributed by atoms with Crippen molar-refractivity contribution in [1.82, 2.24) is 0 Å². The van der Waals surface area contributed by atoms with E-state index >= 15 is 0 Å². The zero-order valence-electron chi connectivity index (χ0n) is 19.1. The van der Waals surface area contributed by atoms with Gasteiger partial charge in [0.1, 0.15) is 24.4 Å². The standard InChI is InChI=1S/C20H30O12/c1-8(21)26-13-14(12-11(24-6)17-19(30-12)32-20(4,5)31-17)29-18(25-7)16(28-10(3)23)15(13)27-9(2)22/h11-19H,1-7H3/t11-,12-,13-,14-,15+,16+,17+,18-,19+/m0/s1. The Bertz CT molecular complexity index is 723. The number of carbonyl (C=O) groups is 3. The van der Waals surface area contributed by atoms with E-state index in [0.717, 1.165) is 0 Å². The highest BCUT2D eigenvalue weighted by atomic mass is 16.8. The molecule has 3 rings (SSSR count). The van der Waals surface area contributed by atoms with Gasteiger partial charge in [-0.2, -0.15) is 0 Å². The van der Waals surface area contributed by atoms with Crippen molar-refractivity contribution in [3.63, 3.8) is 0 Å². The Hall–Kier alpha value is -1.83. The van der Waals surface area contributed by atoms with Crippen molar-refractivity contribution in [3.8, 4) is 0 Å². The number of hydrogen-bond acceptors (Lipinski definition) is 12. The SMILES string of the molecule is CO[C@H]1O[C@@H]([C@H]2O[C@@H]3OC(C)(C)O[C@@H]3[C@H]2OC)[C@H](OC(C)=O)[C@@H](OC(C)=O)[C@H]1OC(C)=O. The Morgan fingerprint density at radius 2 is 1.19 bits per heavy atom. The first kappa shape index (κ1) is 24.8. The predicted octanol–water partition coefficient (Wildman–Crippen LogP) is 0.0442. The van der Waals surface area contributed by atoms with Crippen molar-refractivity contribution >= 4 is 17.9 Å². The normalized spacial score (nSPS) is 40.4. The molecular weight excluding hydrogens is 432 g/mol. The molecule has 182 valence electrons. The topological polar surface area (TPSA) is 134 Å². The third-order valence-corrected chi connectivity index (χ3v) is 5.29. The molecule has 12 heteroatoms. The highest BCUT2D eigenvalue weighted by molar-refractivity contribution is 5.68. The van der Waals surface area contributed by atoms with Gasteiger partial charge in [0.05, 0.1) is 0 Å². The Kier molecular flexibility index (Phi) is 7.42. The first-order valence-corrected chi connectivity index (χ1v) is 10.2. The van der Waals surface area contributed by atoms with Gasteiger partial charge in [0.2, 0.25) is 0 Å². The van der Waals surface area contributed by atoms with E-state index in [9.17, 15) is 14.4 Å². The van der Waals surface area contributed by atoms with Crippen LogP contribution in [-0.4, -0.2) is 93.2 Å². The van der Waals surface area contributed by atoms with Crippen LogP contribution in [0.1, 0.15) is 34.6 Å². The van der Waals surface area contributed by atoms with Crippen LogP contribution in [0.25, 0.3) is 0 Å². The van der Waals surface area contributed by atoms with Crippen LogP contribution < -0.4 is 0 Å². The first-order valence-electron chi connectivity index (χ1n) is 10.2. The lowest BCUT2D eigenvalue weighted by Crippen LogP contribution is -2.65. The second-order valence-electron chi connectivity index (χ2n) is 8.20. The van der Waals surface area contributed by atoms with Gasteiger partial charge >= 0.3 is 17.9 Å². The highest BCUT2D eigenvalue weighted by Crippen LogP contribution is 2.42. The first-order chi connectivity index (χ1) is 15.0. The molecule has 0 amide bonds. The van der Waals surface area contributed by atoms with Gasteiger partial charge in [-0.1, -0.05) is 0 Å². The minimum atomic E-state index is -1.23. The fourth-order valence-corrected chi connectivity index (χ4v) is 4.30. The summed E-state index contributed by atoms with van der Waals surface area (Å²) in [4.78, 5) is 35.5. The number of fused-ring (bicyclic) bond motifs is 1. The van der Waals surface area contributed by atoms with Gasteiger partial charge in [-0.3, -0.25) is 14.4 Å². The monoisotopic (exact) mass is 462 g/mol. The molecule has 0 saturated carbocycles. The van der Waals surface area contributed by atoms with E-state index in [4.69, 9.17) is 42.6 Å². The summed E-state index contributed by atoms with van der Waals surface area (Å²) in [5, 5.41) is 0. The maximum absolute atomic E-state index is 11.9. The summed E-state index contributed by atoms with van der Waals surface area (Å²) >= 11 is 0. The van der Waals surface area contributed by atoms with Crippen molar-refractivity contribution in [2.75, 3.05) is 14.2 Å². The van der Waals surface area contributed by atoms with E-state index in [-0.39, 0.29) is 0 Å². The van der Waals surface area contributed by atoms with E-state index in [1.54, 1.807) is 13.8 Å². The van der Waals surface area contributed by atoms with E-state index in [0.29, 0.717) is 0 Å². The summed E-state index contributed by atoms with van der Waals surface area (Å²) in [5.41, 5.74) is 0. The van der Waals surface area contributed by atoms with Crippen molar-refractivity contribution in [2.45, 2.75) is 95.7 Å². The molecule has 3 aliphatic rings. The molecule has 0 aromatic rings. The van der Waals surface area contributed by atoms with Gasteiger partial charge in [0.25, 0.3) is 0 Å². The number of carbonyl (C=O) groups excluding carboxylic acids is 3. The molecule has 0 bridgehead atoms. The molecule has 9 atom stereocenters. The van der Waals surface area contributed by atoms with Crippen LogP contribution in [0.15, 0.2) is 0 Å². The summed E-state index contributed by atoms with van der Waals surface area (Å²) in [6, 6.07) is 0. The smallest absolute Gasteiger partial charge is 0.303 e. The Labute approximate surface area is 185 Å². The van der Waals surface area contributed by atoms with Crippen molar-refractivity contribution in [3.05, 3.63) is 0 Å². The molecule has 3 fully saturated rings. The Morgan fingerprint density at radius 1 is 0.656 bits per heavy atom. The average molecular weight is 462 g/mol. The third kappa shape index (κ3) is 5.05. The molecule has 0 aliphatic carbocycles. The van der Waals surface area contributed by atoms with Gasteiger partial charge < -0.3 is 42.6 Å². The van der Waals surface area contributed by atoms with Crippen LogP contribution in [-0.2, 0) is 57.0 Å². The number of ether oxygens (including phenoxy) is 9. The fourth-order valence-electron chi connectivity index (χ4n) is 4.30. The Balaban J connectivity index is 1.96. The molecule has 0 aromatic carbocycles. The van der Waals surface area contributed by atoms with Gasteiger partial charge in [-0.15, -0.1) is 0 Å². The molecule has 3 heterocycles. The molecule has 0 N–H and O–H groups in total. The maximum Gasteiger partial charge on any atom is 0.303 e. The van der Waals surface area contributed by atoms with Crippen molar-refractivity contribution in [1.29, 1.82) is 0 Å². The quantitative estimate of drug-likeness (QED) is 0.390. The maximum atomic E-state index is 11.9. The second kappa shape index (κ2) is 9.57. The molecule has 12 nitrogen and oxygen atoms in total. The second-order valence-corrected chi connectivity index (χ2v) is 8.20. The molecule has 0 radical (unpaired) electrons. The number of hydrogen-bond donors (Lipinski definition) is 0. The van der Waals surface area contributed by atoms with Crippen LogP contribution in [0.3, 0.4) is 0 Å². The van der Waals surface area contributed by atoms with Gasteiger partial charge in [-0.25, -0.2) is 0 Å². The summed E-state index contributed by atoms with van der Waals surface area (Å²) in [6.45, 7) is 7.05. The molecule has 32 heavy (non-hydrogen) atoms. The average Bonchev–Trinajstić information content (AvgIpc) is 3.14. The molecule has 3 saturated heterocycles. The third-order valence-electron chi connectivity index (χ3n) is 5.29. The van der Waals surface area contributed by atoms with Crippen LogP contribution in [0.5, 0.6) is 0 Å². The van der Waals surface area contributed by atoms with Gasteiger partial charge in [0, 0.05) is 35.0 Å². The number of rotatable bonds is 6. The van der Waals surface area contributed by atoms with E-state index in [2.05, 4.69) is 0 Å². The summed E-state index contributed by atoms with van der Waals surface area (Å²) in [5.74, 6) is -2.89. The van der Waals surface area contributed by atoms with E-state index < -0.39 is 79.0 Å². The molecule has 0 unspecified atom stereocenters. The minimum absolute atomic E-state index is 0.582. The zero-order chi connectivity index (χ0) is 23.8. The van der Waals surface area contributed by atoms with Crippen molar-refractivity contribution < 1.29 is 57.0 Å². The lowest BCUT2D eigenvalue weighted by atomic mass is 9.91. The number of methoxy groups -OCH3 is 2. The van der Waals surface area contributed by atoms with Crippen LogP contribution in [0, 0.1) is 0 Å². The van der Waals surface area contributed by atoms with Gasteiger partial charge in [-0.05, 0) is 13.8 Å². The fraction of sp³-hybridized carbons (Fsp3) is 0.850. The summed E-state index contributed by atoms with van der Waals surface area (Å²) in [7, 11) is 2.81. The summed E-state index contributed by atoms with van der Waals surface area (Å²) < 4.78 is 51.0. The largest absolute Gasteiger partial charge is 0.456 e. The molecular formula is C20H30O12.